The van der Waals surface area contributed by atoms with Gasteiger partial charge in [-0.1, -0.05) is 12.1 Å². The van der Waals surface area contributed by atoms with Gasteiger partial charge in [0.2, 0.25) is 0 Å². The SMILES string of the molecule is CCOC(=O)c1cccc2c1C=CC=NN2. The topological polar surface area (TPSA) is 50.7 Å². The van der Waals surface area contributed by atoms with Crippen molar-refractivity contribution in [3.05, 3.63) is 35.4 Å². The van der Waals surface area contributed by atoms with Crippen molar-refractivity contribution in [1.29, 1.82) is 0 Å². The Kier molecular flexibility index (Phi) is 3.00. The van der Waals surface area contributed by atoms with Crippen LogP contribution in [0.1, 0.15) is 22.8 Å². The molecule has 0 fully saturated rings. The highest BCUT2D eigenvalue weighted by atomic mass is 16.5. The molecule has 0 bridgehead atoms. The smallest absolute Gasteiger partial charge is 0.338 e. The fourth-order valence-electron chi connectivity index (χ4n) is 1.52. The number of nitrogens with one attached hydrogen (secondary N) is 1. The molecule has 2 rings (SSSR count). The van der Waals surface area contributed by atoms with E-state index in [1.807, 2.05) is 12.1 Å². The maximum absolute atomic E-state index is 11.7. The van der Waals surface area contributed by atoms with Crippen molar-refractivity contribution in [3.8, 4) is 0 Å². The highest BCUT2D eigenvalue weighted by Crippen LogP contribution is 2.23. The molecule has 1 aromatic rings. The molecule has 82 valence electrons. The molecular formula is C12H12N2O2. The number of hydrogen-bond acceptors (Lipinski definition) is 4. The van der Waals surface area contributed by atoms with Crippen LogP contribution in [0.4, 0.5) is 5.69 Å². The summed E-state index contributed by atoms with van der Waals surface area (Å²) in [5.74, 6) is -0.312. The van der Waals surface area contributed by atoms with Crippen molar-refractivity contribution >= 4 is 23.9 Å². The molecule has 0 aromatic heterocycles. The summed E-state index contributed by atoms with van der Waals surface area (Å²) in [6.45, 7) is 2.16. The Morgan fingerprint density at radius 3 is 3.19 bits per heavy atom. The first-order valence-corrected chi connectivity index (χ1v) is 5.09. The predicted octanol–water partition coefficient (Wildman–Crippen LogP) is 2.29. The Bertz CT molecular complexity index is 464. The molecule has 0 unspecified atom stereocenters. The molecule has 0 spiro atoms. The summed E-state index contributed by atoms with van der Waals surface area (Å²) in [5.41, 5.74) is 5.02. The molecule has 1 aliphatic heterocycles. The van der Waals surface area contributed by atoms with Gasteiger partial charge in [0, 0.05) is 11.8 Å². The number of fused-ring (bicyclic) bond motifs is 1. The van der Waals surface area contributed by atoms with Crippen LogP contribution in [0.15, 0.2) is 29.4 Å². The van der Waals surface area contributed by atoms with E-state index in [9.17, 15) is 4.79 Å². The van der Waals surface area contributed by atoms with Crippen LogP contribution in [0, 0.1) is 0 Å². The highest BCUT2D eigenvalue weighted by Gasteiger charge is 2.14. The first-order chi connectivity index (χ1) is 7.83. The van der Waals surface area contributed by atoms with E-state index < -0.39 is 0 Å². The second kappa shape index (κ2) is 4.61. The fourth-order valence-corrected chi connectivity index (χ4v) is 1.52. The molecule has 1 heterocycles. The lowest BCUT2D eigenvalue weighted by Crippen LogP contribution is -2.07. The molecule has 0 saturated carbocycles. The van der Waals surface area contributed by atoms with E-state index in [1.54, 1.807) is 31.3 Å². The molecule has 1 aliphatic rings. The first-order valence-electron chi connectivity index (χ1n) is 5.09. The molecule has 0 atom stereocenters. The zero-order chi connectivity index (χ0) is 11.4. The molecular weight excluding hydrogens is 204 g/mol. The largest absolute Gasteiger partial charge is 0.462 e. The third kappa shape index (κ3) is 1.95. The molecule has 4 nitrogen and oxygen atoms in total. The van der Waals surface area contributed by atoms with Crippen LogP contribution in [0.3, 0.4) is 0 Å². The van der Waals surface area contributed by atoms with Crippen molar-refractivity contribution in [1.82, 2.24) is 0 Å². The molecule has 4 heteroatoms. The Morgan fingerprint density at radius 2 is 2.38 bits per heavy atom. The molecule has 1 aromatic carbocycles. The van der Waals surface area contributed by atoms with Gasteiger partial charge in [0.05, 0.1) is 17.9 Å². The maximum atomic E-state index is 11.7. The van der Waals surface area contributed by atoms with Gasteiger partial charge < -0.3 is 4.74 Å². The lowest BCUT2D eigenvalue weighted by Gasteiger charge is -2.09. The Hall–Kier alpha value is -2.10. The first kappa shape index (κ1) is 10.4. The summed E-state index contributed by atoms with van der Waals surface area (Å²) in [6.07, 6.45) is 5.25. The normalized spacial score (nSPS) is 12.6. The number of anilines is 1. The zero-order valence-corrected chi connectivity index (χ0v) is 8.93. The van der Waals surface area contributed by atoms with Gasteiger partial charge in [-0.2, -0.15) is 5.10 Å². The molecule has 0 radical (unpaired) electrons. The standard InChI is InChI=1S/C12H12N2O2/c1-2-16-12(15)10-5-3-7-11-9(10)6-4-8-13-14-11/h3-8,14H,2H2,1H3. The van der Waals surface area contributed by atoms with Gasteiger partial charge in [-0.3, -0.25) is 5.43 Å². The van der Waals surface area contributed by atoms with Gasteiger partial charge in [0.1, 0.15) is 0 Å². The Balaban J connectivity index is 2.44. The second-order valence-electron chi connectivity index (χ2n) is 3.24. The van der Waals surface area contributed by atoms with Crippen molar-refractivity contribution < 1.29 is 9.53 Å². The van der Waals surface area contributed by atoms with Gasteiger partial charge in [0.25, 0.3) is 0 Å². The number of esters is 1. The van der Waals surface area contributed by atoms with E-state index in [0.29, 0.717) is 12.2 Å². The van der Waals surface area contributed by atoms with Gasteiger partial charge in [-0.25, -0.2) is 4.79 Å². The number of rotatable bonds is 2. The van der Waals surface area contributed by atoms with Gasteiger partial charge >= 0.3 is 5.97 Å². The predicted molar refractivity (Wildman–Crippen MR) is 63.5 cm³/mol. The van der Waals surface area contributed by atoms with E-state index >= 15 is 0 Å². The van der Waals surface area contributed by atoms with Gasteiger partial charge in [-0.15, -0.1) is 0 Å². The molecule has 16 heavy (non-hydrogen) atoms. The van der Waals surface area contributed by atoms with Crippen LogP contribution in [-0.4, -0.2) is 18.8 Å². The number of ether oxygens (including phenoxy) is 1. The third-order valence-electron chi connectivity index (χ3n) is 2.21. The minimum absolute atomic E-state index is 0.312. The highest BCUT2D eigenvalue weighted by molar-refractivity contribution is 5.98. The lowest BCUT2D eigenvalue weighted by atomic mass is 10.1. The van der Waals surface area contributed by atoms with E-state index in [-0.39, 0.29) is 5.97 Å². The summed E-state index contributed by atoms with van der Waals surface area (Å²) < 4.78 is 4.99. The second-order valence-corrected chi connectivity index (χ2v) is 3.24. The lowest BCUT2D eigenvalue weighted by molar-refractivity contribution is 0.0526. The van der Waals surface area contributed by atoms with Crippen LogP contribution in [0.25, 0.3) is 6.08 Å². The van der Waals surface area contributed by atoms with Crippen molar-refractivity contribution in [2.45, 2.75) is 6.92 Å². The van der Waals surface area contributed by atoms with Crippen LogP contribution in [0.2, 0.25) is 0 Å². The number of carbonyl (C=O) groups is 1. The number of allylic oxidation sites excluding steroid dienone is 1. The molecule has 0 aliphatic carbocycles. The molecule has 0 amide bonds. The van der Waals surface area contributed by atoms with Crippen molar-refractivity contribution in [2.75, 3.05) is 12.0 Å². The Labute approximate surface area is 93.6 Å². The number of hydrazone groups is 1. The summed E-state index contributed by atoms with van der Waals surface area (Å²) >= 11 is 0. The van der Waals surface area contributed by atoms with Crippen LogP contribution >= 0.6 is 0 Å². The zero-order valence-electron chi connectivity index (χ0n) is 8.93. The Morgan fingerprint density at radius 1 is 1.50 bits per heavy atom. The minimum atomic E-state index is -0.312. The van der Waals surface area contributed by atoms with Gasteiger partial charge in [-0.05, 0) is 25.1 Å². The monoisotopic (exact) mass is 216 g/mol. The average Bonchev–Trinajstić information content (AvgIpc) is 2.53. The number of benzene rings is 1. The van der Waals surface area contributed by atoms with Gasteiger partial charge in [0.15, 0.2) is 0 Å². The van der Waals surface area contributed by atoms with Crippen LogP contribution in [0.5, 0.6) is 0 Å². The van der Waals surface area contributed by atoms with E-state index in [1.165, 1.54) is 0 Å². The summed E-state index contributed by atoms with van der Waals surface area (Å²) in [4.78, 5) is 11.7. The summed E-state index contributed by atoms with van der Waals surface area (Å²) in [5, 5.41) is 3.94. The summed E-state index contributed by atoms with van der Waals surface area (Å²) in [6, 6.07) is 5.41. The van der Waals surface area contributed by atoms with Crippen LogP contribution < -0.4 is 5.43 Å². The minimum Gasteiger partial charge on any atom is -0.462 e. The van der Waals surface area contributed by atoms with E-state index in [2.05, 4.69) is 10.5 Å². The van der Waals surface area contributed by atoms with Crippen molar-refractivity contribution in [3.63, 3.8) is 0 Å². The quantitative estimate of drug-likeness (QED) is 0.771. The number of nitrogens with zero attached hydrogens (tertiary/aromatic N) is 1. The summed E-state index contributed by atoms with van der Waals surface area (Å²) in [7, 11) is 0. The molecule has 0 saturated heterocycles. The number of hydrogen-bond donors (Lipinski definition) is 1. The third-order valence-corrected chi connectivity index (χ3v) is 2.21. The van der Waals surface area contributed by atoms with E-state index in [4.69, 9.17) is 4.74 Å². The maximum Gasteiger partial charge on any atom is 0.338 e. The van der Waals surface area contributed by atoms with Crippen LogP contribution in [-0.2, 0) is 4.74 Å². The number of carbonyl (C=O) groups excluding carboxylic acids is 1. The average molecular weight is 216 g/mol. The van der Waals surface area contributed by atoms with E-state index in [0.717, 1.165) is 11.3 Å². The van der Waals surface area contributed by atoms with Crippen molar-refractivity contribution in [2.24, 2.45) is 5.10 Å². The fraction of sp³-hybridized carbons (Fsp3) is 0.167. The molecule has 1 N–H and O–H groups in total.